The van der Waals surface area contributed by atoms with Gasteiger partial charge in [-0.05, 0) is 19.4 Å². The van der Waals surface area contributed by atoms with Crippen LogP contribution in [0, 0.1) is 5.92 Å². The molecule has 0 aromatic heterocycles. The van der Waals surface area contributed by atoms with E-state index in [0.717, 1.165) is 32.5 Å². The van der Waals surface area contributed by atoms with Crippen LogP contribution in [0.15, 0.2) is 0 Å². The number of nitrogens with zero attached hydrogens (tertiary/aromatic N) is 1. The molecule has 17 heavy (non-hydrogen) atoms. The molecule has 0 radical (unpaired) electrons. The molecule has 0 bridgehead atoms. The number of nitrogens with one attached hydrogen (secondary N) is 1. The molecule has 0 saturated carbocycles. The lowest BCUT2D eigenvalue weighted by Gasteiger charge is -2.32. The van der Waals surface area contributed by atoms with Crippen molar-refractivity contribution in [2.45, 2.75) is 31.8 Å². The van der Waals surface area contributed by atoms with Crippen molar-refractivity contribution < 1.29 is 9.53 Å². The van der Waals surface area contributed by atoms with Gasteiger partial charge in [-0.1, -0.05) is 6.92 Å². The van der Waals surface area contributed by atoms with E-state index in [0.29, 0.717) is 19.3 Å². The lowest BCUT2D eigenvalue weighted by atomic mass is 10.0. The van der Waals surface area contributed by atoms with Crippen molar-refractivity contribution in [1.29, 1.82) is 0 Å². The molecule has 2 saturated heterocycles. The Morgan fingerprint density at radius 3 is 2.65 bits per heavy atom. The molecule has 0 aromatic carbocycles. The van der Waals surface area contributed by atoms with Crippen LogP contribution in [0.25, 0.3) is 0 Å². The van der Waals surface area contributed by atoms with Crippen molar-refractivity contribution in [3.05, 3.63) is 0 Å². The molecule has 0 aliphatic carbocycles. The Morgan fingerprint density at radius 1 is 1.41 bits per heavy atom. The summed E-state index contributed by atoms with van der Waals surface area (Å²) in [5.74, 6) is -0.0795. The van der Waals surface area contributed by atoms with E-state index in [9.17, 15) is 4.79 Å². The highest BCUT2D eigenvalue weighted by Crippen LogP contribution is 2.14. The van der Waals surface area contributed by atoms with Crippen LogP contribution in [0.2, 0.25) is 0 Å². The number of piperidine rings is 1. The molecule has 0 aromatic rings. The van der Waals surface area contributed by atoms with Crippen molar-refractivity contribution in [3.63, 3.8) is 0 Å². The fourth-order valence-electron chi connectivity index (χ4n) is 2.54. The molecule has 2 unspecified atom stereocenters. The van der Waals surface area contributed by atoms with E-state index in [4.69, 9.17) is 10.5 Å². The Bertz CT molecular complexity index is 264. The second-order valence-corrected chi connectivity index (χ2v) is 5.02. The van der Waals surface area contributed by atoms with Gasteiger partial charge in [0.05, 0.1) is 19.1 Å². The fourth-order valence-corrected chi connectivity index (χ4v) is 2.54. The first-order chi connectivity index (χ1) is 8.20. The Labute approximate surface area is 103 Å². The Kier molecular flexibility index (Phi) is 4.36. The van der Waals surface area contributed by atoms with E-state index in [1.54, 1.807) is 0 Å². The van der Waals surface area contributed by atoms with Gasteiger partial charge >= 0.3 is 0 Å². The van der Waals surface area contributed by atoms with Gasteiger partial charge in [0.1, 0.15) is 0 Å². The average Bonchev–Trinajstić information content (AvgIpc) is 2.76. The highest BCUT2D eigenvalue weighted by atomic mass is 16.5. The van der Waals surface area contributed by atoms with E-state index in [1.165, 1.54) is 0 Å². The van der Waals surface area contributed by atoms with Crippen molar-refractivity contribution in [1.82, 2.24) is 10.2 Å². The number of hydrogen-bond donors (Lipinski definition) is 2. The van der Waals surface area contributed by atoms with Gasteiger partial charge in [-0.3, -0.25) is 4.79 Å². The summed E-state index contributed by atoms with van der Waals surface area (Å²) in [5.41, 5.74) is 5.83. The summed E-state index contributed by atoms with van der Waals surface area (Å²) in [6.07, 6.45) is 2.09. The maximum Gasteiger partial charge on any atom is 0.227 e. The van der Waals surface area contributed by atoms with E-state index >= 15 is 0 Å². The Hall–Kier alpha value is -0.650. The zero-order valence-electron chi connectivity index (χ0n) is 10.5. The van der Waals surface area contributed by atoms with Crippen LogP contribution in [0.4, 0.5) is 0 Å². The summed E-state index contributed by atoms with van der Waals surface area (Å²) < 4.78 is 5.22. The minimum Gasteiger partial charge on any atom is -0.379 e. The molecule has 2 aliphatic heterocycles. The molecule has 3 N–H and O–H groups in total. The number of amides is 1. The normalized spacial score (nSPS) is 31.6. The molecule has 2 fully saturated rings. The van der Waals surface area contributed by atoms with Crippen LogP contribution in [0.1, 0.15) is 19.8 Å². The standard InChI is InChI=1S/C12H23N3O2/c1-2-15-5-3-9(4-6-15)14-12(16)10-7-17-8-11(10)13/h9-11H,2-8,13H2,1H3,(H,14,16). The minimum atomic E-state index is -0.154. The molecule has 5 nitrogen and oxygen atoms in total. The maximum absolute atomic E-state index is 12.0. The first-order valence-corrected chi connectivity index (χ1v) is 6.56. The minimum absolute atomic E-state index is 0.0740. The summed E-state index contributed by atoms with van der Waals surface area (Å²) in [5, 5.41) is 3.11. The second kappa shape index (κ2) is 5.80. The van der Waals surface area contributed by atoms with Crippen molar-refractivity contribution in [2.75, 3.05) is 32.8 Å². The van der Waals surface area contributed by atoms with E-state index in [-0.39, 0.29) is 17.9 Å². The lowest BCUT2D eigenvalue weighted by molar-refractivity contribution is -0.126. The maximum atomic E-state index is 12.0. The molecule has 1 amide bonds. The van der Waals surface area contributed by atoms with Crippen LogP contribution in [-0.4, -0.2) is 55.7 Å². The zero-order chi connectivity index (χ0) is 12.3. The SMILES string of the molecule is CCN1CCC(NC(=O)C2COCC2N)CC1. The molecule has 2 rings (SSSR count). The number of rotatable bonds is 3. The molecular weight excluding hydrogens is 218 g/mol. The number of ether oxygens (including phenoxy) is 1. The second-order valence-electron chi connectivity index (χ2n) is 5.02. The van der Waals surface area contributed by atoms with Gasteiger partial charge in [-0.2, -0.15) is 0 Å². The Morgan fingerprint density at radius 2 is 2.12 bits per heavy atom. The number of carbonyl (C=O) groups is 1. The van der Waals surface area contributed by atoms with Crippen molar-refractivity contribution >= 4 is 5.91 Å². The topological polar surface area (TPSA) is 67.6 Å². The van der Waals surface area contributed by atoms with Gasteiger partial charge in [0.25, 0.3) is 0 Å². The predicted octanol–water partition coefficient (Wildman–Crippen LogP) is -0.439. The predicted molar refractivity (Wildman–Crippen MR) is 65.6 cm³/mol. The molecule has 2 heterocycles. The fraction of sp³-hybridized carbons (Fsp3) is 0.917. The molecule has 98 valence electrons. The summed E-state index contributed by atoms with van der Waals surface area (Å²) in [6, 6.07) is 0.184. The van der Waals surface area contributed by atoms with Crippen LogP contribution < -0.4 is 11.1 Å². The van der Waals surface area contributed by atoms with Crippen LogP contribution in [0.3, 0.4) is 0 Å². The summed E-state index contributed by atoms with van der Waals surface area (Å²) >= 11 is 0. The largest absolute Gasteiger partial charge is 0.379 e. The third-order valence-corrected chi connectivity index (χ3v) is 3.84. The van der Waals surface area contributed by atoms with Crippen molar-refractivity contribution in [2.24, 2.45) is 11.7 Å². The summed E-state index contributed by atoms with van der Waals surface area (Å²) in [7, 11) is 0. The highest BCUT2D eigenvalue weighted by molar-refractivity contribution is 5.80. The van der Waals surface area contributed by atoms with Gasteiger partial charge < -0.3 is 20.7 Å². The smallest absolute Gasteiger partial charge is 0.227 e. The van der Waals surface area contributed by atoms with Gasteiger partial charge in [0.15, 0.2) is 0 Å². The first-order valence-electron chi connectivity index (χ1n) is 6.56. The zero-order valence-corrected chi connectivity index (χ0v) is 10.5. The van der Waals surface area contributed by atoms with Crippen molar-refractivity contribution in [3.8, 4) is 0 Å². The van der Waals surface area contributed by atoms with Crippen LogP contribution in [0.5, 0.6) is 0 Å². The summed E-state index contributed by atoms with van der Waals surface area (Å²) in [4.78, 5) is 14.4. The number of carbonyl (C=O) groups excluding carboxylic acids is 1. The molecule has 0 spiro atoms. The number of hydrogen-bond acceptors (Lipinski definition) is 4. The van der Waals surface area contributed by atoms with E-state index in [2.05, 4.69) is 17.1 Å². The van der Waals surface area contributed by atoms with E-state index in [1.807, 2.05) is 0 Å². The average molecular weight is 241 g/mol. The van der Waals surface area contributed by atoms with Crippen LogP contribution >= 0.6 is 0 Å². The Balaban J connectivity index is 1.76. The lowest BCUT2D eigenvalue weighted by Crippen LogP contribution is -2.49. The van der Waals surface area contributed by atoms with Gasteiger partial charge in [-0.25, -0.2) is 0 Å². The summed E-state index contributed by atoms with van der Waals surface area (Å²) in [6.45, 7) is 6.41. The highest BCUT2D eigenvalue weighted by Gasteiger charge is 2.32. The molecular formula is C12H23N3O2. The number of likely N-dealkylation sites (tertiary alicyclic amines) is 1. The number of nitrogens with two attached hydrogens (primary N) is 1. The van der Waals surface area contributed by atoms with Gasteiger partial charge in [-0.15, -0.1) is 0 Å². The quantitative estimate of drug-likeness (QED) is 0.703. The van der Waals surface area contributed by atoms with Crippen LogP contribution in [-0.2, 0) is 9.53 Å². The molecule has 2 atom stereocenters. The molecule has 5 heteroatoms. The third-order valence-electron chi connectivity index (χ3n) is 3.84. The molecule has 2 aliphatic rings. The third kappa shape index (κ3) is 3.18. The monoisotopic (exact) mass is 241 g/mol. The van der Waals surface area contributed by atoms with Gasteiger partial charge in [0, 0.05) is 25.2 Å². The van der Waals surface area contributed by atoms with E-state index < -0.39 is 0 Å². The van der Waals surface area contributed by atoms with Gasteiger partial charge in [0.2, 0.25) is 5.91 Å². The first kappa shape index (κ1) is 12.8.